The van der Waals surface area contributed by atoms with Crippen LogP contribution in [0.4, 0.5) is 5.69 Å². The third-order valence-electron chi connectivity index (χ3n) is 3.25. The largest absolute Gasteiger partial charge is 0.401 e. The van der Waals surface area contributed by atoms with Gasteiger partial charge >= 0.3 is 5.97 Å². The maximum atomic E-state index is 12.6. The highest BCUT2D eigenvalue weighted by Gasteiger charge is 2.47. The summed E-state index contributed by atoms with van der Waals surface area (Å²) in [5.74, 6) is -2.45. The number of halogens is 1. The molecular formula is C16H10ClNO4. The molecule has 1 saturated heterocycles. The molecule has 0 amide bonds. The highest BCUT2D eigenvalue weighted by atomic mass is 35.5. The summed E-state index contributed by atoms with van der Waals surface area (Å²) in [5.41, 5.74) is 0.732. The molecule has 1 fully saturated rings. The Balaban J connectivity index is 1.98. The van der Waals surface area contributed by atoms with Crippen molar-refractivity contribution in [1.82, 2.24) is 0 Å². The van der Waals surface area contributed by atoms with Gasteiger partial charge in [0.2, 0.25) is 0 Å². The van der Waals surface area contributed by atoms with Gasteiger partial charge in [-0.2, -0.15) is 5.06 Å². The summed E-state index contributed by atoms with van der Waals surface area (Å²) in [6, 6.07) is 13.3. The second-order valence-corrected chi connectivity index (χ2v) is 5.11. The molecule has 0 aliphatic carbocycles. The fourth-order valence-corrected chi connectivity index (χ4v) is 2.31. The lowest BCUT2D eigenvalue weighted by molar-refractivity contribution is -0.147. The maximum Gasteiger partial charge on any atom is 0.401 e. The number of hydrogen-bond donors (Lipinski definition) is 0. The van der Waals surface area contributed by atoms with Crippen molar-refractivity contribution in [1.29, 1.82) is 0 Å². The smallest absolute Gasteiger partial charge is 0.331 e. The summed E-state index contributed by atoms with van der Waals surface area (Å²) in [6.07, 6.45) is 0. The predicted octanol–water partition coefficient (Wildman–Crippen LogP) is 2.44. The van der Waals surface area contributed by atoms with Crippen molar-refractivity contribution in [3.05, 3.63) is 65.2 Å². The Labute approximate surface area is 131 Å². The maximum absolute atomic E-state index is 12.6. The second kappa shape index (κ2) is 5.61. The molecule has 1 unspecified atom stereocenters. The zero-order valence-electron chi connectivity index (χ0n) is 11.2. The molecule has 3 rings (SSSR count). The van der Waals surface area contributed by atoms with Crippen molar-refractivity contribution < 1.29 is 19.2 Å². The number of carbonyl (C=O) groups excluding carboxylic acids is 3. The number of benzene rings is 2. The van der Waals surface area contributed by atoms with Gasteiger partial charge in [-0.1, -0.05) is 29.8 Å². The molecule has 0 spiro atoms. The van der Waals surface area contributed by atoms with Gasteiger partial charge in [0, 0.05) is 10.6 Å². The van der Waals surface area contributed by atoms with E-state index in [9.17, 15) is 14.4 Å². The Morgan fingerprint density at radius 2 is 1.64 bits per heavy atom. The zero-order chi connectivity index (χ0) is 15.7. The van der Waals surface area contributed by atoms with Crippen LogP contribution in [0.2, 0.25) is 5.02 Å². The van der Waals surface area contributed by atoms with Crippen LogP contribution in [0.25, 0.3) is 0 Å². The predicted molar refractivity (Wildman–Crippen MR) is 79.6 cm³/mol. The summed E-state index contributed by atoms with van der Waals surface area (Å²) < 4.78 is 0. The third-order valence-corrected chi connectivity index (χ3v) is 3.51. The van der Waals surface area contributed by atoms with Gasteiger partial charge in [0.25, 0.3) is 5.78 Å². The first-order chi connectivity index (χ1) is 10.6. The lowest BCUT2D eigenvalue weighted by Gasteiger charge is -2.20. The van der Waals surface area contributed by atoms with Crippen LogP contribution < -0.4 is 5.06 Å². The van der Waals surface area contributed by atoms with Crippen LogP contribution in [-0.4, -0.2) is 23.6 Å². The molecule has 6 heteroatoms. The first-order valence-corrected chi connectivity index (χ1v) is 6.86. The Kier molecular flexibility index (Phi) is 3.65. The summed E-state index contributed by atoms with van der Waals surface area (Å²) in [6.45, 7) is 0. The molecule has 2 aromatic carbocycles. The van der Waals surface area contributed by atoms with Gasteiger partial charge < -0.3 is 4.84 Å². The molecule has 1 aliphatic rings. The number of Topliss-reactive ketones (excluding diaryl/α,β-unsaturated/α-hetero) is 2. The van der Waals surface area contributed by atoms with Crippen molar-refractivity contribution in [3.8, 4) is 0 Å². The number of anilines is 1. The van der Waals surface area contributed by atoms with Crippen LogP contribution >= 0.6 is 11.6 Å². The Morgan fingerprint density at radius 1 is 1.00 bits per heavy atom. The summed E-state index contributed by atoms with van der Waals surface area (Å²) in [7, 11) is 0. The van der Waals surface area contributed by atoms with Crippen LogP contribution in [0.3, 0.4) is 0 Å². The SMILES string of the molecule is O=C1ON(c2ccccc2)C(C(=O)c2ccc(Cl)cc2)C1=O. The average Bonchev–Trinajstić information content (AvgIpc) is 2.84. The van der Waals surface area contributed by atoms with Crippen molar-refractivity contribution in [2.75, 3.05) is 5.06 Å². The molecule has 2 aromatic rings. The van der Waals surface area contributed by atoms with Gasteiger partial charge in [-0.05, 0) is 36.4 Å². The molecule has 0 radical (unpaired) electrons. The van der Waals surface area contributed by atoms with E-state index in [1.54, 1.807) is 42.5 Å². The van der Waals surface area contributed by atoms with Crippen LogP contribution in [-0.2, 0) is 14.4 Å². The quantitative estimate of drug-likeness (QED) is 0.494. The molecular weight excluding hydrogens is 306 g/mol. The van der Waals surface area contributed by atoms with E-state index in [0.29, 0.717) is 10.7 Å². The Morgan fingerprint density at radius 3 is 2.27 bits per heavy atom. The number of hydroxylamine groups is 1. The number of nitrogens with zero attached hydrogens (tertiary/aromatic N) is 1. The molecule has 0 saturated carbocycles. The number of rotatable bonds is 3. The minimum atomic E-state index is -1.32. The molecule has 0 bridgehead atoms. The fourth-order valence-electron chi connectivity index (χ4n) is 2.18. The van der Waals surface area contributed by atoms with E-state index in [1.807, 2.05) is 0 Å². The van der Waals surface area contributed by atoms with Crippen LogP contribution in [0.15, 0.2) is 54.6 Å². The van der Waals surface area contributed by atoms with Crippen LogP contribution in [0.5, 0.6) is 0 Å². The van der Waals surface area contributed by atoms with Crippen molar-refractivity contribution in [3.63, 3.8) is 0 Å². The normalized spacial score (nSPS) is 17.5. The third kappa shape index (κ3) is 2.46. The Bertz CT molecular complexity index is 743. The van der Waals surface area contributed by atoms with E-state index in [0.717, 1.165) is 5.06 Å². The highest BCUT2D eigenvalue weighted by Crippen LogP contribution is 2.25. The fraction of sp³-hybridized carbons (Fsp3) is 0.0625. The number of hydrogen-bond acceptors (Lipinski definition) is 5. The van der Waals surface area contributed by atoms with Gasteiger partial charge in [0.15, 0.2) is 11.8 Å². The molecule has 5 nitrogen and oxygen atoms in total. The lowest BCUT2D eigenvalue weighted by atomic mass is 10.0. The van der Waals surface area contributed by atoms with E-state index < -0.39 is 23.6 Å². The molecule has 1 atom stereocenters. The standard InChI is InChI=1S/C16H10ClNO4/c17-11-8-6-10(7-9-11)14(19)13-15(20)16(21)22-18(13)12-4-2-1-3-5-12/h1-9,13H. The average molecular weight is 316 g/mol. The molecule has 1 heterocycles. The first-order valence-electron chi connectivity index (χ1n) is 6.48. The van der Waals surface area contributed by atoms with Crippen LogP contribution in [0, 0.1) is 0 Å². The van der Waals surface area contributed by atoms with Gasteiger partial charge in [-0.25, -0.2) is 4.79 Å². The summed E-state index contributed by atoms with van der Waals surface area (Å²) in [4.78, 5) is 41.1. The summed E-state index contributed by atoms with van der Waals surface area (Å²) in [5, 5.41) is 1.52. The van der Waals surface area contributed by atoms with Gasteiger partial charge in [-0.3, -0.25) is 9.59 Å². The topological polar surface area (TPSA) is 63.7 Å². The molecule has 0 aromatic heterocycles. The minimum absolute atomic E-state index is 0.280. The van der Waals surface area contributed by atoms with E-state index in [2.05, 4.69) is 0 Å². The van der Waals surface area contributed by atoms with E-state index in [-0.39, 0.29) is 5.56 Å². The van der Waals surface area contributed by atoms with Gasteiger partial charge in [0.1, 0.15) is 0 Å². The highest BCUT2D eigenvalue weighted by molar-refractivity contribution is 6.44. The monoisotopic (exact) mass is 315 g/mol. The number of ketones is 2. The molecule has 110 valence electrons. The van der Waals surface area contributed by atoms with Crippen molar-refractivity contribution in [2.45, 2.75) is 6.04 Å². The first kappa shape index (κ1) is 14.3. The molecule has 0 N–H and O–H groups in total. The van der Waals surface area contributed by atoms with Crippen molar-refractivity contribution >= 4 is 34.8 Å². The van der Waals surface area contributed by atoms with Crippen LogP contribution in [0.1, 0.15) is 10.4 Å². The van der Waals surface area contributed by atoms with Gasteiger partial charge in [-0.15, -0.1) is 0 Å². The van der Waals surface area contributed by atoms with Gasteiger partial charge in [0.05, 0.1) is 5.69 Å². The summed E-state index contributed by atoms with van der Waals surface area (Å²) >= 11 is 5.78. The number of carbonyl (C=O) groups is 3. The molecule has 1 aliphatic heterocycles. The minimum Gasteiger partial charge on any atom is -0.331 e. The van der Waals surface area contributed by atoms with E-state index >= 15 is 0 Å². The Hall–Kier alpha value is -2.66. The zero-order valence-corrected chi connectivity index (χ0v) is 12.0. The van der Waals surface area contributed by atoms with E-state index in [1.165, 1.54) is 12.1 Å². The second-order valence-electron chi connectivity index (χ2n) is 4.68. The molecule has 22 heavy (non-hydrogen) atoms. The van der Waals surface area contributed by atoms with E-state index in [4.69, 9.17) is 16.4 Å². The lowest BCUT2D eigenvalue weighted by Crippen LogP contribution is -2.39. The number of para-hydroxylation sites is 1. The van der Waals surface area contributed by atoms with Crippen molar-refractivity contribution in [2.24, 2.45) is 0 Å².